The van der Waals surface area contributed by atoms with E-state index in [0.29, 0.717) is 12.3 Å². The zero-order valence-corrected chi connectivity index (χ0v) is 12.1. The van der Waals surface area contributed by atoms with Gasteiger partial charge in [-0.3, -0.25) is 0 Å². The molecule has 0 aromatic carbocycles. The Morgan fingerprint density at radius 2 is 1.88 bits per heavy atom. The van der Waals surface area contributed by atoms with E-state index in [-0.39, 0.29) is 30.4 Å². The second-order valence-corrected chi connectivity index (χ2v) is 9.07. The summed E-state index contributed by atoms with van der Waals surface area (Å²) in [4.78, 5) is 0. The lowest BCUT2D eigenvalue weighted by Gasteiger charge is -2.24. The average Bonchev–Trinajstić information content (AvgIpc) is 2.16. The Balaban J connectivity index is 2.60. The first kappa shape index (κ1) is 15.2. The van der Waals surface area contributed by atoms with Crippen molar-refractivity contribution in [3.05, 3.63) is 0 Å². The third-order valence-corrected chi connectivity index (χ3v) is 6.86. The highest BCUT2D eigenvalue weighted by Crippen LogP contribution is 2.19. The van der Waals surface area contributed by atoms with Crippen molar-refractivity contribution >= 4 is 31.5 Å². The topological polar surface area (TPSA) is 80.3 Å². The van der Waals surface area contributed by atoms with Gasteiger partial charge in [-0.05, 0) is 26.2 Å². The molecule has 1 heterocycles. The molecule has 1 rings (SSSR count). The molecular formula is C9H18ClNO4S2. The van der Waals surface area contributed by atoms with Crippen LogP contribution in [0.4, 0.5) is 0 Å². The maximum absolute atomic E-state index is 11.9. The molecule has 1 unspecified atom stereocenters. The molecule has 5 nitrogen and oxygen atoms in total. The molecule has 17 heavy (non-hydrogen) atoms. The molecule has 1 N–H and O–H groups in total. The first-order chi connectivity index (χ1) is 7.77. The molecule has 0 radical (unpaired) electrons. The van der Waals surface area contributed by atoms with E-state index >= 15 is 0 Å². The van der Waals surface area contributed by atoms with E-state index in [9.17, 15) is 16.8 Å². The number of alkyl halides is 1. The Kier molecular flexibility index (Phi) is 5.24. The Bertz CT molecular complexity index is 432. The highest BCUT2D eigenvalue weighted by Gasteiger charge is 2.33. The first-order valence-corrected chi connectivity index (χ1v) is 9.44. The monoisotopic (exact) mass is 303 g/mol. The van der Waals surface area contributed by atoms with Crippen LogP contribution in [0.3, 0.4) is 0 Å². The van der Waals surface area contributed by atoms with Crippen molar-refractivity contribution in [3.8, 4) is 0 Å². The molecule has 0 aromatic heterocycles. The molecule has 1 fully saturated rings. The average molecular weight is 304 g/mol. The van der Waals surface area contributed by atoms with E-state index in [1.165, 1.54) is 0 Å². The standard InChI is InChI=1S/C9H18ClNO4S2/c1-8(2-5-10)11-17(14,15)9-3-6-16(12,13)7-4-9/h8-9,11H,2-7H2,1H3. The Morgan fingerprint density at radius 3 is 2.35 bits per heavy atom. The number of sulfone groups is 1. The van der Waals surface area contributed by atoms with Crippen LogP contribution in [0.15, 0.2) is 0 Å². The Hall–Kier alpha value is 0.150. The van der Waals surface area contributed by atoms with E-state index in [1.54, 1.807) is 6.92 Å². The molecule has 1 atom stereocenters. The fourth-order valence-corrected chi connectivity index (χ4v) is 5.62. The van der Waals surface area contributed by atoms with Crippen molar-refractivity contribution in [2.24, 2.45) is 0 Å². The molecule has 0 bridgehead atoms. The van der Waals surface area contributed by atoms with Crippen molar-refractivity contribution in [2.45, 2.75) is 37.5 Å². The molecule has 0 aromatic rings. The normalized spacial score (nSPS) is 23.4. The van der Waals surface area contributed by atoms with Crippen LogP contribution in [0.2, 0.25) is 0 Å². The summed E-state index contributed by atoms with van der Waals surface area (Å²) in [5.41, 5.74) is 0. The molecule has 0 spiro atoms. The lowest BCUT2D eigenvalue weighted by atomic mass is 10.2. The van der Waals surface area contributed by atoms with Gasteiger partial charge in [0.25, 0.3) is 0 Å². The van der Waals surface area contributed by atoms with Crippen LogP contribution in [-0.4, -0.2) is 45.5 Å². The van der Waals surface area contributed by atoms with Crippen LogP contribution in [0.25, 0.3) is 0 Å². The molecule has 1 saturated heterocycles. The minimum Gasteiger partial charge on any atom is -0.229 e. The number of halogens is 1. The fraction of sp³-hybridized carbons (Fsp3) is 1.00. The summed E-state index contributed by atoms with van der Waals surface area (Å²) in [5.74, 6) is 0.313. The zero-order valence-electron chi connectivity index (χ0n) is 9.72. The van der Waals surface area contributed by atoms with Gasteiger partial charge in [0.1, 0.15) is 9.84 Å². The van der Waals surface area contributed by atoms with E-state index < -0.39 is 25.1 Å². The smallest absolute Gasteiger partial charge is 0.214 e. The maximum Gasteiger partial charge on any atom is 0.214 e. The summed E-state index contributed by atoms with van der Waals surface area (Å²) in [6.45, 7) is 1.75. The van der Waals surface area contributed by atoms with Crippen LogP contribution in [-0.2, 0) is 19.9 Å². The summed E-state index contributed by atoms with van der Waals surface area (Å²) in [5, 5.41) is -0.594. The fourth-order valence-electron chi connectivity index (χ4n) is 1.78. The molecule has 8 heteroatoms. The number of rotatable bonds is 5. The Labute approximate surface area is 108 Å². The van der Waals surface area contributed by atoms with Gasteiger partial charge >= 0.3 is 0 Å². The number of hydrogen-bond acceptors (Lipinski definition) is 4. The van der Waals surface area contributed by atoms with Crippen LogP contribution >= 0.6 is 11.6 Å². The van der Waals surface area contributed by atoms with Crippen molar-refractivity contribution in [1.82, 2.24) is 4.72 Å². The summed E-state index contributed by atoms with van der Waals surface area (Å²) in [6.07, 6.45) is 0.933. The molecular weight excluding hydrogens is 286 g/mol. The van der Waals surface area contributed by atoms with Gasteiger partial charge in [-0.25, -0.2) is 21.6 Å². The van der Waals surface area contributed by atoms with Crippen molar-refractivity contribution in [1.29, 1.82) is 0 Å². The third kappa shape index (κ3) is 4.73. The lowest BCUT2D eigenvalue weighted by molar-refractivity contribution is 0.527. The van der Waals surface area contributed by atoms with Gasteiger partial charge in [0, 0.05) is 11.9 Å². The first-order valence-electron chi connectivity index (χ1n) is 5.54. The van der Waals surface area contributed by atoms with E-state index in [0.717, 1.165) is 0 Å². The van der Waals surface area contributed by atoms with Crippen molar-refractivity contribution in [2.75, 3.05) is 17.4 Å². The van der Waals surface area contributed by atoms with Gasteiger partial charge in [0.05, 0.1) is 16.8 Å². The zero-order chi connectivity index (χ0) is 13.1. The third-order valence-electron chi connectivity index (χ3n) is 2.85. The Morgan fingerprint density at radius 1 is 1.35 bits per heavy atom. The minimum atomic E-state index is -3.43. The predicted octanol–water partition coefficient (Wildman–Crippen LogP) is 0.500. The molecule has 102 valence electrons. The molecule has 1 aliphatic heterocycles. The van der Waals surface area contributed by atoms with Crippen molar-refractivity contribution in [3.63, 3.8) is 0 Å². The molecule has 0 amide bonds. The lowest BCUT2D eigenvalue weighted by Crippen LogP contribution is -2.43. The van der Waals surface area contributed by atoms with Gasteiger partial charge in [-0.15, -0.1) is 11.6 Å². The predicted molar refractivity (Wildman–Crippen MR) is 68.5 cm³/mol. The van der Waals surface area contributed by atoms with Gasteiger partial charge in [0.2, 0.25) is 10.0 Å². The maximum atomic E-state index is 11.9. The highest BCUT2D eigenvalue weighted by molar-refractivity contribution is 7.92. The quantitative estimate of drug-likeness (QED) is 0.750. The van der Waals surface area contributed by atoms with Crippen LogP contribution in [0, 0.1) is 0 Å². The van der Waals surface area contributed by atoms with Crippen LogP contribution in [0.1, 0.15) is 26.2 Å². The largest absolute Gasteiger partial charge is 0.229 e. The second kappa shape index (κ2) is 5.86. The van der Waals surface area contributed by atoms with Crippen molar-refractivity contribution < 1.29 is 16.8 Å². The second-order valence-electron chi connectivity index (χ2n) is 4.39. The molecule has 1 aliphatic rings. The van der Waals surface area contributed by atoms with Crippen LogP contribution < -0.4 is 4.72 Å². The minimum absolute atomic E-state index is 0.0392. The molecule has 0 saturated carbocycles. The number of hydrogen-bond donors (Lipinski definition) is 1. The van der Waals surface area contributed by atoms with Gasteiger partial charge in [0.15, 0.2) is 0 Å². The summed E-state index contributed by atoms with van der Waals surface area (Å²) in [7, 11) is -6.46. The summed E-state index contributed by atoms with van der Waals surface area (Å²) < 4.78 is 48.8. The SMILES string of the molecule is CC(CCCl)NS(=O)(=O)C1CCS(=O)(=O)CC1. The molecule has 0 aliphatic carbocycles. The van der Waals surface area contributed by atoms with E-state index in [4.69, 9.17) is 11.6 Å². The van der Waals surface area contributed by atoms with Gasteiger partial charge < -0.3 is 0 Å². The van der Waals surface area contributed by atoms with Gasteiger partial charge in [-0.1, -0.05) is 0 Å². The van der Waals surface area contributed by atoms with E-state index in [1.807, 2.05) is 0 Å². The number of sulfonamides is 1. The van der Waals surface area contributed by atoms with E-state index in [2.05, 4.69) is 4.72 Å². The number of nitrogens with one attached hydrogen (secondary N) is 1. The highest BCUT2D eigenvalue weighted by atomic mass is 35.5. The summed E-state index contributed by atoms with van der Waals surface area (Å²) in [6, 6.07) is -0.212. The van der Waals surface area contributed by atoms with Crippen LogP contribution in [0.5, 0.6) is 0 Å². The van der Waals surface area contributed by atoms with Gasteiger partial charge in [-0.2, -0.15) is 0 Å². The summed E-state index contributed by atoms with van der Waals surface area (Å²) >= 11 is 5.53.